The van der Waals surface area contributed by atoms with Gasteiger partial charge in [0.2, 0.25) is 11.8 Å². The Balaban J connectivity index is 1.47. The predicted molar refractivity (Wildman–Crippen MR) is 101 cm³/mol. The van der Waals surface area contributed by atoms with Crippen LogP contribution in [0.15, 0.2) is 76.5 Å². The van der Waals surface area contributed by atoms with E-state index in [0.29, 0.717) is 5.89 Å². The zero-order chi connectivity index (χ0) is 17.1. The fraction of sp³-hybridized carbons (Fsp3) is 0. The molecule has 0 aliphatic carbocycles. The van der Waals surface area contributed by atoms with Crippen LogP contribution in [-0.4, -0.2) is 10.9 Å². The van der Waals surface area contributed by atoms with Crippen molar-refractivity contribution in [2.75, 3.05) is 5.32 Å². The lowest BCUT2D eigenvalue weighted by Gasteiger charge is -2.02. The number of amides is 1. The summed E-state index contributed by atoms with van der Waals surface area (Å²) in [6.45, 7) is 0. The molecule has 0 saturated carbocycles. The van der Waals surface area contributed by atoms with Gasteiger partial charge in [-0.2, -0.15) is 0 Å². The van der Waals surface area contributed by atoms with E-state index in [9.17, 15) is 4.79 Å². The fourth-order valence-corrected chi connectivity index (χ4v) is 3.04. The molecule has 4 rings (SSSR count). The maximum atomic E-state index is 12.0. The second-order valence-corrected chi connectivity index (χ2v) is 6.38. The molecule has 1 N–H and O–H groups in total. The van der Waals surface area contributed by atoms with Gasteiger partial charge in [0.05, 0.1) is 0 Å². The number of aromatic nitrogens is 1. The predicted octanol–water partition coefficient (Wildman–Crippen LogP) is 5.21. The van der Waals surface area contributed by atoms with Crippen molar-refractivity contribution in [1.29, 1.82) is 0 Å². The Bertz CT molecular complexity index is 998. The first-order valence-electron chi connectivity index (χ1n) is 7.76. The van der Waals surface area contributed by atoms with Gasteiger partial charge in [0.1, 0.15) is 5.52 Å². The van der Waals surface area contributed by atoms with Crippen molar-refractivity contribution in [1.82, 2.24) is 4.98 Å². The maximum absolute atomic E-state index is 12.0. The van der Waals surface area contributed by atoms with Gasteiger partial charge in [0, 0.05) is 22.2 Å². The zero-order valence-electron chi connectivity index (χ0n) is 13.2. The minimum Gasteiger partial charge on any atom is -0.436 e. The average Bonchev–Trinajstić information content (AvgIpc) is 3.30. The molecule has 0 aliphatic rings. The van der Waals surface area contributed by atoms with Crippen molar-refractivity contribution in [3.8, 4) is 11.5 Å². The number of hydrogen-bond acceptors (Lipinski definition) is 4. The number of rotatable bonds is 4. The minimum atomic E-state index is -0.164. The third-order valence-electron chi connectivity index (χ3n) is 3.64. The van der Waals surface area contributed by atoms with E-state index in [0.717, 1.165) is 27.2 Å². The van der Waals surface area contributed by atoms with Gasteiger partial charge < -0.3 is 9.73 Å². The van der Waals surface area contributed by atoms with E-state index in [1.807, 2.05) is 66.0 Å². The van der Waals surface area contributed by atoms with Crippen molar-refractivity contribution in [3.05, 3.63) is 77.0 Å². The number of nitrogens with one attached hydrogen (secondary N) is 1. The van der Waals surface area contributed by atoms with Crippen LogP contribution >= 0.6 is 11.3 Å². The van der Waals surface area contributed by atoms with Gasteiger partial charge >= 0.3 is 0 Å². The zero-order valence-corrected chi connectivity index (χ0v) is 14.0. The van der Waals surface area contributed by atoms with Gasteiger partial charge in [0.25, 0.3) is 0 Å². The van der Waals surface area contributed by atoms with Gasteiger partial charge in [-0.1, -0.05) is 18.2 Å². The van der Waals surface area contributed by atoms with Crippen molar-refractivity contribution in [3.63, 3.8) is 0 Å². The third-order valence-corrected chi connectivity index (χ3v) is 4.47. The molecule has 0 aliphatic heterocycles. The molecule has 0 unspecified atom stereocenters. The van der Waals surface area contributed by atoms with E-state index < -0.39 is 0 Å². The van der Waals surface area contributed by atoms with Crippen LogP contribution in [-0.2, 0) is 4.79 Å². The number of anilines is 1. The normalized spacial score (nSPS) is 11.2. The highest BCUT2D eigenvalue weighted by molar-refractivity contribution is 7.10. The third kappa shape index (κ3) is 3.51. The summed E-state index contributed by atoms with van der Waals surface area (Å²) in [5.74, 6) is 0.402. The Kier molecular flexibility index (Phi) is 4.14. The number of para-hydroxylation sites is 2. The summed E-state index contributed by atoms with van der Waals surface area (Å²) >= 11 is 1.59. The van der Waals surface area contributed by atoms with Gasteiger partial charge in [-0.3, -0.25) is 4.79 Å². The molecule has 0 spiro atoms. The van der Waals surface area contributed by atoms with Gasteiger partial charge in [0.15, 0.2) is 5.58 Å². The van der Waals surface area contributed by atoms with Crippen LogP contribution in [0.1, 0.15) is 4.88 Å². The second-order valence-electron chi connectivity index (χ2n) is 5.40. The molecular formula is C20H14N2O2S. The summed E-state index contributed by atoms with van der Waals surface area (Å²) in [6, 6.07) is 19.0. The summed E-state index contributed by atoms with van der Waals surface area (Å²) in [7, 11) is 0. The number of hydrogen-bond donors (Lipinski definition) is 1. The SMILES string of the molecule is O=C(/C=C/c1cccs1)Nc1ccc(-c2nc3ccccc3o2)cc1. The molecule has 2 heterocycles. The highest BCUT2D eigenvalue weighted by Crippen LogP contribution is 2.25. The maximum Gasteiger partial charge on any atom is 0.248 e. The van der Waals surface area contributed by atoms with Crippen LogP contribution in [0.3, 0.4) is 0 Å². The highest BCUT2D eigenvalue weighted by atomic mass is 32.1. The molecule has 4 aromatic rings. The number of thiophene rings is 1. The molecular weight excluding hydrogens is 332 g/mol. The van der Waals surface area contributed by atoms with Gasteiger partial charge in [-0.25, -0.2) is 4.98 Å². The highest BCUT2D eigenvalue weighted by Gasteiger charge is 2.07. The summed E-state index contributed by atoms with van der Waals surface area (Å²) in [6.07, 6.45) is 3.33. The second kappa shape index (κ2) is 6.75. The van der Waals surface area contributed by atoms with E-state index in [1.165, 1.54) is 6.08 Å². The molecule has 0 fully saturated rings. The number of benzene rings is 2. The summed E-state index contributed by atoms with van der Waals surface area (Å²) in [5, 5.41) is 4.81. The van der Waals surface area contributed by atoms with Crippen LogP contribution in [0, 0.1) is 0 Å². The van der Waals surface area contributed by atoms with E-state index in [-0.39, 0.29) is 5.91 Å². The van der Waals surface area contributed by atoms with Crippen molar-refractivity contribution >= 4 is 40.1 Å². The first-order valence-corrected chi connectivity index (χ1v) is 8.64. The molecule has 122 valence electrons. The number of nitrogens with zero attached hydrogens (tertiary/aromatic N) is 1. The Morgan fingerprint density at radius 2 is 1.88 bits per heavy atom. The smallest absolute Gasteiger partial charge is 0.248 e. The first-order chi connectivity index (χ1) is 12.3. The van der Waals surface area contributed by atoms with Crippen molar-refractivity contribution in [2.24, 2.45) is 0 Å². The Morgan fingerprint density at radius 3 is 2.64 bits per heavy atom. The largest absolute Gasteiger partial charge is 0.436 e. The van der Waals surface area contributed by atoms with Crippen molar-refractivity contribution in [2.45, 2.75) is 0 Å². The van der Waals surface area contributed by atoms with E-state index >= 15 is 0 Å². The number of carbonyl (C=O) groups excluding carboxylic acids is 1. The molecule has 25 heavy (non-hydrogen) atoms. The fourth-order valence-electron chi connectivity index (χ4n) is 2.42. The topological polar surface area (TPSA) is 55.1 Å². The molecule has 2 aromatic heterocycles. The molecule has 1 amide bonds. The van der Waals surface area contributed by atoms with Crippen LogP contribution in [0.4, 0.5) is 5.69 Å². The van der Waals surface area contributed by atoms with Crippen LogP contribution in [0.25, 0.3) is 28.6 Å². The van der Waals surface area contributed by atoms with Crippen LogP contribution in [0.5, 0.6) is 0 Å². The molecule has 0 atom stereocenters. The number of oxazole rings is 1. The molecule has 5 heteroatoms. The van der Waals surface area contributed by atoms with E-state index in [1.54, 1.807) is 17.4 Å². The standard InChI is InChI=1S/C20H14N2O2S/c23-19(12-11-16-4-3-13-25-16)21-15-9-7-14(8-10-15)20-22-17-5-1-2-6-18(17)24-20/h1-13H,(H,21,23)/b12-11+. The monoisotopic (exact) mass is 346 g/mol. The summed E-state index contributed by atoms with van der Waals surface area (Å²) in [5.41, 5.74) is 3.17. The number of carbonyl (C=O) groups is 1. The molecule has 0 bridgehead atoms. The average molecular weight is 346 g/mol. The van der Waals surface area contributed by atoms with E-state index in [4.69, 9.17) is 4.42 Å². The minimum absolute atomic E-state index is 0.164. The Hall–Kier alpha value is -3.18. The molecule has 4 nitrogen and oxygen atoms in total. The van der Waals surface area contributed by atoms with Crippen LogP contribution in [0.2, 0.25) is 0 Å². The van der Waals surface area contributed by atoms with Gasteiger partial charge in [-0.05, 0) is 53.9 Å². The number of fused-ring (bicyclic) bond motifs is 1. The quantitative estimate of drug-likeness (QED) is 0.516. The van der Waals surface area contributed by atoms with Crippen molar-refractivity contribution < 1.29 is 9.21 Å². The molecule has 0 radical (unpaired) electrons. The molecule has 0 saturated heterocycles. The van der Waals surface area contributed by atoms with E-state index in [2.05, 4.69) is 10.3 Å². The van der Waals surface area contributed by atoms with Crippen LogP contribution < -0.4 is 5.32 Å². The summed E-state index contributed by atoms with van der Waals surface area (Å²) < 4.78 is 5.75. The first kappa shape index (κ1) is 15.4. The Morgan fingerprint density at radius 1 is 1.04 bits per heavy atom. The molecule has 2 aromatic carbocycles. The van der Waals surface area contributed by atoms with Gasteiger partial charge in [-0.15, -0.1) is 11.3 Å². The lowest BCUT2D eigenvalue weighted by Crippen LogP contribution is -2.07. The lowest BCUT2D eigenvalue weighted by molar-refractivity contribution is -0.111. The lowest BCUT2D eigenvalue weighted by atomic mass is 10.2. The Labute approximate surface area is 148 Å². The summed E-state index contributed by atoms with van der Waals surface area (Å²) in [4.78, 5) is 17.5.